The number of esters is 2. The van der Waals surface area contributed by atoms with Crippen LogP contribution in [0, 0.1) is 0 Å². The van der Waals surface area contributed by atoms with Crippen molar-refractivity contribution in [2.75, 3.05) is 18.9 Å². The molecule has 35 heavy (non-hydrogen) atoms. The van der Waals surface area contributed by atoms with Crippen LogP contribution in [0.2, 0.25) is 0 Å². The molecule has 0 aliphatic carbocycles. The van der Waals surface area contributed by atoms with Crippen LogP contribution in [0.4, 0.5) is 5.69 Å². The van der Waals surface area contributed by atoms with E-state index in [1.807, 2.05) is 30.3 Å². The average Bonchev–Trinajstić information content (AvgIpc) is 3.38. The molecule has 1 aromatic heterocycles. The van der Waals surface area contributed by atoms with Gasteiger partial charge in [-0.05, 0) is 42.5 Å². The summed E-state index contributed by atoms with van der Waals surface area (Å²) in [7, 11) is -1.77. The molecule has 1 N–H and O–H groups in total. The van der Waals surface area contributed by atoms with Gasteiger partial charge in [0.05, 0.1) is 42.1 Å². The Bertz CT molecular complexity index is 1480. The molecule has 0 fully saturated rings. The second-order valence-corrected chi connectivity index (χ2v) is 8.95. The molecule has 0 saturated carbocycles. The van der Waals surface area contributed by atoms with Gasteiger partial charge in [0.2, 0.25) is 5.89 Å². The van der Waals surface area contributed by atoms with Gasteiger partial charge >= 0.3 is 11.9 Å². The Morgan fingerprint density at radius 3 is 2.20 bits per heavy atom. The lowest BCUT2D eigenvalue weighted by molar-refractivity contribution is 0.0587. The molecule has 178 valence electrons. The number of nitrogens with zero attached hydrogens (tertiary/aromatic N) is 1. The maximum absolute atomic E-state index is 13.0. The standard InChI is InChI=1S/C25H20N2O7S/c1-32-24(28)18-10-13-20(25(29)33-2)21(14-18)27-35(30,31)19-11-8-17(9-12-19)23-26-15-22(34-23)16-6-4-3-5-7-16/h3-15,27H,1-2H3. The van der Waals surface area contributed by atoms with Gasteiger partial charge in [-0.1, -0.05) is 30.3 Å². The van der Waals surface area contributed by atoms with Crippen LogP contribution in [0.5, 0.6) is 0 Å². The Balaban J connectivity index is 1.61. The first kappa shape index (κ1) is 23.7. The molecule has 4 aromatic rings. The zero-order valence-electron chi connectivity index (χ0n) is 18.7. The summed E-state index contributed by atoms with van der Waals surface area (Å²) < 4.78 is 43.6. The largest absolute Gasteiger partial charge is 0.465 e. The Morgan fingerprint density at radius 1 is 0.857 bits per heavy atom. The molecule has 0 aliphatic heterocycles. The zero-order chi connectivity index (χ0) is 25.0. The fourth-order valence-corrected chi connectivity index (χ4v) is 4.36. The topological polar surface area (TPSA) is 125 Å². The molecule has 3 aromatic carbocycles. The molecule has 4 rings (SSSR count). The summed E-state index contributed by atoms with van der Waals surface area (Å²) in [4.78, 5) is 28.2. The summed E-state index contributed by atoms with van der Waals surface area (Å²) in [6, 6.07) is 19.2. The summed E-state index contributed by atoms with van der Waals surface area (Å²) in [6.07, 6.45) is 1.60. The van der Waals surface area contributed by atoms with Crippen LogP contribution in [0.1, 0.15) is 20.7 Å². The van der Waals surface area contributed by atoms with Gasteiger partial charge in [0, 0.05) is 11.1 Å². The van der Waals surface area contributed by atoms with Gasteiger partial charge in [-0.3, -0.25) is 4.72 Å². The van der Waals surface area contributed by atoms with E-state index in [0.29, 0.717) is 17.2 Å². The minimum atomic E-state index is -4.12. The molecule has 0 amide bonds. The van der Waals surface area contributed by atoms with Gasteiger partial charge in [-0.15, -0.1) is 0 Å². The van der Waals surface area contributed by atoms with E-state index < -0.39 is 22.0 Å². The van der Waals surface area contributed by atoms with Crippen LogP contribution < -0.4 is 4.72 Å². The Morgan fingerprint density at radius 2 is 1.54 bits per heavy atom. The van der Waals surface area contributed by atoms with Gasteiger partial charge in [0.1, 0.15) is 0 Å². The number of ether oxygens (including phenoxy) is 2. The third-order valence-electron chi connectivity index (χ3n) is 5.07. The van der Waals surface area contributed by atoms with Crippen molar-refractivity contribution in [2.45, 2.75) is 4.90 Å². The first-order chi connectivity index (χ1) is 16.8. The van der Waals surface area contributed by atoms with Crippen molar-refractivity contribution < 1.29 is 31.9 Å². The number of benzene rings is 3. The molecule has 0 atom stereocenters. The maximum Gasteiger partial charge on any atom is 0.339 e. The number of hydrogen-bond acceptors (Lipinski definition) is 8. The molecule has 10 heteroatoms. The summed E-state index contributed by atoms with van der Waals surface area (Å²) in [5, 5.41) is 0. The van der Waals surface area contributed by atoms with E-state index in [1.54, 1.807) is 18.3 Å². The summed E-state index contributed by atoms with van der Waals surface area (Å²) in [5.74, 6) is -0.543. The first-order valence-corrected chi connectivity index (χ1v) is 11.8. The zero-order valence-corrected chi connectivity index (χ0v) is 19.5. The van der Waals surface area contributed by atoms with E-state index in [9.17, 15) is 18.0 Å². The number of carbonyl (C=O) groups excluding carboxylic acids is 2. The molecule has 0 unspecified atom stereocenters. The lowest BCUT2D eigenvalue weighted by Gasteiger charge is -2.13. The minimum absolute atomic E-state index is 0.0614. The molecule has 0 spiro atoms. The number of hydrogen-bond donors (Lipinski definition) is 1. The summed E-state index contributed by atoms with van der Waals surface area (Å²) in [5.41, 5.74) is 1.32. The fourth-order valence-electron chi connectivity index (χ4n) is 3.29. The van der Waals surface area contributed by atoms with Crippen LogP contribution in [0.15, 0.2) is 88.3 Å². The number of sulfonamides is 1. The highest BCUT2D eigenvalue weighted by atomic mass is 32.2. The van der Waals surface area contributed by atoms with Gasteiger partial charge in [0.25, 0.3) is 10.0 Å². The third-order valence-corrected chi connectivity index (χ3v) is 6.45. The normalized spacial score (nSPS) is 11.0. The smallest absolute Gasteiger partial charge is 0.339 e. The van der Waals surface area contributed by atoms with Crippen molar-refractivity contribution in [3.8, 4) is 22.8 Å². The lowest BCUT2D eigenvalue weighted by Crippen LogP contribution is -2.17. The van der Waals surface area contributed by atoms with Crippen molar-refractivity contribution in [1.29, 1.82) is 0 Å². The van der Waals surface area contributed by atoms with Crippen molar-refractivity contribution in [3.63, 3.8) is 0 Å². The number of rotatable bonds is 7. The molecule has 9 nitrogen and oxygen atoms in total. The van der Waals surface area contributed by atoms with Crippen LogP contribution in [-0.4, -0.2) is 39.6 Å². The second kappa shape index (κ2) is 9.82. The third kappa shape index (κ3) is 5.07. The predicted octanol–water partition coefficient (Wildman–Crippen LogP) is 4.38. The summed E-state index contributed by atoms with van der Waals surface area (Å²) >= 11 is 0. The Hall–Kier alpha value is -4.44. The van der Waals surface area contributed by atoms with E-state index in [-0.39, 0.29) is 21.7 Å². The number of anilines is 1. The average molecular weight is 493 g/mol. The molecule has 0 radical (unpaired) electrons. The van der Waals surface area contributed by atoms with Crippen molar-refractivity contribution in [3.05, 3.63) is 90.1 Å². The first-order valence-electron chi connectivity index (χ1n) is 10.3. The van der Waals surface area contributed by atoms with E-state index in [0.717, 1.165) is 5.56 Å². The van der Waals surface area contributed by atoms with Crippen LogP contribution in [0.25, 0.3) is 22.8 Å². The van der Waals surface area contributed by atoms with E-state index in [4.69, 9.17) is 9.15 Å². The van der Waals surface area contributed by atoms with E-state index in [1.165, 1.54) is 44.6 Å². The van der Waals surface area contributed by atoms with Gasteiger partial charge in [-0.25, -0.2) is 23.0 Å². The highest BCUT2D eigenvalue weighted by molar-refractivity contribution is 7.92. The number of nitrogens with one attached hydrogen (secondary N) is 1. The minimum Gasteiger partial charge on any atom is -0.465 e. The molecule has 0 bridgehead atoms. The number of methoxy groups -OCH3 is 2. The van der Waals surface area contributed by atoms with Crippen LogP contribution >= 0.6 is 0 Å². The molecular formula is C25H20N2O7S. The number of oxazole rings is 1. The monoisotopic (exact) mass is 492 g/mol. The van der Waals surface area contributed by atoms with Crippen LogP contribution in [0.3, 0.4) is 0 Å². The highest BCUT2D eigenvalue weighted by Gasteiger charge is 2.22. The Labute approximate surface area is 201 Å². The van der Waals surface area contributed by atoms with E-state index >= 15 is 0 Å². The fraction of sp³-hybridized carbons (Fsp3) is 0.0800. The second-order valence-electron chi connectivity index (χ2n) is 7.27. The highest BCUT2D eigenvalue weighted by Crippen LogP contribution is 2.28. The quantitative estimate of drug-likeness (QED) is 0.377. The summed E-state index contributed by atoms with van der Waals surface area (Å²) in [6.45, 7) is 0. The SMILES string of the molecule is COC(=O)c1ccc(C(=O)OC)c(NS(=O)(=O)c2ccc(-c3ncc(-c4ccccc4)o3)cc2)c1. The maximum atomic E-state index is 13.0. The number of aromatic nitrogens is 1. The molecule has 0 saturated heterocycles. The number of carbonyl (C=O) groups is 2. The van der Waals surface area contributed by atoms with Crippen molar-refractivity contribution in [1.82, 2.24) is 4.98 Å². The van der Waals surface area contributed by atoms with E-state index in [2.05, 4.69) is 14.4 Å². The van der Waals surface area contributed by atoms with Crippen molar-refractivity contribution in [2.24, 2.45) is 0 Å². The van der Waals surface area contributed by atoms with Gasteiger partial charge in [0.15, 0.2) is 5.76 Å². The van der Waals surface area contributed by atoms with Gasteiger partial charge in [-0.2, -0.15) is 0 Å². The van der Waals surface area contributed by atoms with Gasteiger partial charge < -0.3 is 13.9 Å². The molecule has 1 heterocycles. The van der Waals surface area contributed by atoms with Crippen LogP contribution in [-0.2, 0) is 19.5 Å². The predicted molar refractivity (Wildman–Crippen MR) is 127 cm³/mol. The Kier molecular flexibility index (Phi) is 6.65. The lowest BCUT2D eigenvalue weighted by atomic mass is 10.1. The van der Waals surface area contributed by atoms with Crippen molar-refractivity contribution >= 4 is 27.6 Å². The molecular weight excluding hydrogens is 472 g/mol. The molecule has 0 aliphatic rings.